The van der Waals surface area contributed by atoms with Crippen LogP contribution in [0.15, 0.2) is 60.7 Å². The van der Waals surface area contributed by atoms with E-state index in [9.17, 15) is 0 Å². The molecule has 2 aromatic rings. The SMILES string of the molecule is COc1ccccc1CCCNC/C=C/c1ccccc1. The lowest BCUT2D eigenvalue weighted by atomic mass is 10.1. The van der Waals surface area contributed by atoms with Gasteiger partial charge in [-0.15, -0.1) is 0 Å². The molecule has 0 amide bonds. The Balaban J connectivity index is 1.63. The third-order valence-electron chi connectivity index (χ3n) is 3.36. The number of rotatable bonds is 8. The van der Waals surface area contributed by atoms with Gasteiger partial charge >= 0.3 is 0 Å². The Kier molecular flexibility index (Phi) is 6.56. The Morgan fingerprint density at radius 2 is 1.76 bits per heavy atom. The average molecular weight is 281 g/mol. The van der Waals surface area contributed by atoms with E-state index in [-0.39, 0.29) is 0 Å². The fourth-order valence-corrected chi connectivity index (χ4v) is 2.26. The first-order valence-corrected chi connectivity index (χ1v) is 7.44. The molecule has 0 heterocycles. The van der Waals surface area contributed by atoms with Gasteiger partial charge in [-0.1, -0.05) is 60.7 Å². The van der Waals surface area contributed by atoms with Gasteiger partial charge < -0.3 is 10.1 Å². The predicted octanol–water partition coefficient (Wildman–Crippen LogP) is 3.93. The van der Waals surface area contributed by atoms with E-state index in [0.717, 1.165) is 31.7 Å². The van der Waals surface area contributed by atoms with Crippen LogP contribution < -0.4 is 10.1 Å². The molecule has 0 radical (unpaired) electrons. The summed E-state index contributed by atoms with van der Waals surface area (Å²) in [6.45, 7) is 1.91. The molecule has 0 saturated heterocycles. The molecule has 0 fully saturated rings. The molecule has 21 heavy (non-hydrogen) atoms. The van der Waals surface area contributed by atoms with E-state index in [1.165, 1.54) is 11.1 Å². The molecule has 0 saturated carbocycles. The second-order valence-corrected chi connectivity index (χ2v) is 4.93. The molecule has 0 atom stereocenters. The van der Waals surface area contributed by atoms with Gasteiger partial charge in [0.05, 0.1) is 7.11 Å². The van der Waals surface area contributed by atoms with Gasteiger partial charge in [0.15, 0.2) is 0 Å². The molecule has 0 aromatic heterocycles. The summed E-state index contributed by atoms with van der Waals surface area (Å²) in [6.07, 6.45) is 6.46. The first-order chi connectivity index (χ1) is 10.4. The molecule has 0 unspecified atom stereocenters. The van der Waals surface area contributed by atoms with Crippen LogP contribution in [0.5, 0.6) is 5.75 Å². The van der Waals surface area contributed by atoms with Crippen molar-refractivity contribution in [3.63, 3.8) is 0 Å². The zero-order valence-corrected chi connectivity index (χ0v) is 12.6. The number of hydrogen-bond acceptors (Lipinski definition) is 2. The fourth-order valence-electron chi connectivity index (χ4n) is 2.26. The van der Waals surface area contributed by atoms with Crippen LogP contribution in [0.25, 0.3) is 6.08 Å². The molecule has 0 bridgehead atoms. The number of methoxy groups -OCH3 is 1. The Morgan fingerprint density at radius 1 is 1.00 bits per heavy atom. The summed E-state index contributed by atoms with van der Waals surface area (Å²) in [6, 6.07) is 18.6. The molecule has 0 aliphatic carbocycles. The van der Waals surface area contributed by atoms with Gasteiger partial charge in [0.2, 0.25) is 0 Å². The van der Waals surface area contributed by atoms with E-state index in [1.54, 1.807) is 7.11 Å². The van der Waals surface area contributed by atoms with Crippen molar-refractivity contribution in [2.75, 3.05) is 20.2 Å². The minimum absolute atomic E-state index is 0.904. The van der Waals surface area contributed by atoms with Crippen LogP contribution in [0.1, 0.15) is 17.5 Å². The summed E-state index contributed by atoms with van der Waals surface area (Å²) in [7, 11) is 1.73. The highest BCUT2D eigenvalue weighted by Gasteiger charge is 2.00. The van der Waals surface area contributed by atoms with E-state index >= 15 is 0 Å². The predicted molar refractivity (Wildman–Crippen MR) is 89.7 cm³/mol. The van der Waals surface area contributed by atoms with Gasteiger partial charge in [-0.05, 0) is 36.6 Å². The van der Waals surface area contributed by atoms with Crippen LogP contribution in [0.4, 0.5) is 0 Å². The third-order valence-corrected chi connectivity index (χ3v) is 3.36. The van der Waals surface area contributed by atoms with Gasteiger partial charge in [0.25, 0.3) is 0 Å². The van der Waals surface area contributed by atoms with Crippen LogP contribution >= 0.6 is 0 Å². The molecule has 110 valence electrons. The lowest BCUT2D eigenvalue weighted by Gasteiger charge is -2.07. The summed E-state index contributed by atoms with van der Waals surface area (Å²) < 4.78 is 5.36. The molecule has 2 nitrogen and oxygen atoms in total. The third kappa shape index (κ3) is 5.44. The van der Waals surface area contributed by atoms with Crippen molar-refractivity contribution >= 4 is 6.08 Å². The normalized spacial score (nSPS) is 10.9. The minimum Gasteiger partial charge on any atom is -0.496 e. The lowest BCUT2D eigenvalue weighted by Crippen LogP contribution is -2.15. The second-order valence-electron chi connectivity index (χ2n) is 4.93. The number of aryl methyl sites for hydroxylation is 1. The molecular weight excluding hydrogens is 258 g/mol. The van der Waals surface area contributed by atoms with Crippen molar-refractivity contribution in [3.8, 4) is 5.75 Å². The maximum atomic E-state index is 5.36. The van der Waals surface area contributed by atoms with Crippen molar-refractivity contribution in [3.05, 3.63) is 71.8 Å². The standard InChI is InChI=1S/C19H23NO/c1-21-19-14-6-5-12-18(19)13-8-16-20-15-7-11-17-9-3-2-4-10-17/h2-7,9-12,14,20H,8,13,15-16H2,1H3/b11-7+. The maximum Gasteiger partial charge on any atom is 0.122 e. The average Bonchev–Trinajstić information content (AvgIpc) is 2.55. The summed E-state index contributed by atoms with van der Waals surface area (Å²) in [5, 5.41) is 3.44. The summed E-state index contributed by atoms with van der Waals surface area (Å²) in [5.41, 5.74) is 2.52. The van der Waals surface area contributed by atoms with Crippen molar-refractivity contribution in [2.45, 2.75) is 12.8 Å². The Bertz CT molecular complexity index is 549. The molecule has 2 heteroatoms. The van der Waals surface area contributed by atoms with E-state index in [4.69, 9.17) is 4.74 Å². The first-order valence-electron chi connectivity index (χ1n) is 7.44. The van der Waals surface area contributed by atoms with Gasteiger partial charge in [0, 0.05) is 6.54 Å². The number of para-hydroxylation sites is 1. The highest BCUT2D eigenvalue weighted by atomic mass is 16.5. The Hall–Kier alpha value is -2.06. The molecule has 0 aliphatic rings. The van der Waals surface area contributed by atoms with Crippen LogP contribution in [0.3, 0.4) is 0 Å². The Labute approximate surface area is 127 Å². The van der Waals surface area contributed by atoms with E-state index in [0.29, 0.717) is 0 Å². The van der Waals surface area contributed by atoms with Crippen molar-refractivity contribution in [2.24, 2.45) is 0 Å². The number of benzene rings is 2. The summed E-state index contributed by atoms with van der Waals surface area (Å²) in [4.78, 5) is 0. The quantitative estimate of drug-likeness (QED) is 0.740. The summed E-state index contributed by atoms with van der Waals surface area (Å²) >= 11 is 0. The maximum absolute atomic E-state index is 5.36. The van der Waals surface area contributed by atoms with Crippen LogP contribution in [-0.4, -0.2) is 20.2 Å². The van der Waals surface area contributed by atoms with Gasteiger partial charge in [-0.25, -0.2) is 0 Å². The second kappa shape index (κ2) is 8.98. The lowest BCUT2D eigenvalue weighted by molar-refractivity contribution is 0.409. The van der Waals surface area contributed by atoms with Crippen LogP contribution in [-0.2, 0) is 6.42 Å². The molecular formula is C19H23NO. The molecule has 2 aromatic carbocycles. The monoisotopic (exact) mass is 281 g/mol. The first kappa shape index (κ1) is 15.3. The number of nitrogens with one attached hydrogen (secondary N) is 1. The van der Waals surface area contributed by atoms with Gasteiger partial charge in [-0.3, -0.25) is 0 Å². The van der Waals surface area contributed by atoms with E-state index < -0.39 is 0 Å². The fraction of sp³-hybridized carbons (Fsp3) is 0.263. The molecule has 0 spiro atoms. The Morgan fingerprint density at radius 3 is 2.57 bits per heavy atom. The van der Waals surface area contributed by atoms with Crippen molar-refractivity contribution < 1.29 is 4.74 Å². The van der Waals surface area contributed by atoms with Gasteiger partial charge in [-0.2, -0.15) is 0 Å². The molecule has 0 aliphatic heterocycles. The van der Waals surface area contributed by atoms with Gasteiger partial charge in [0.1, 0.15) is 5.75 Å². The zero-order valence-electron chi connectivity index (χ0n) is 12.6. The molecule has 1 N–H and O–H groups in total. The number of hydrogen-bond donors (Lipinski definition) is 1. The number of ether oxygens (including phenoxy) is 1. The minimum atomic E-state index is 0.904. The highest BCUT2D eigenvalue weighted by molar-refractivity contribution is 5.48. The smallest absolute Gasteiger partial charge is 0.122 e. The van der Waals surface area contributed by atoms with E-state index in [2.05, 4.69) is 53.9 Å². The zero-order chi connectivity index (χ0) is 14.8. The van der Waals surface area contributed by atoms with Crippen LogP contribution in [0, 0.1) is 0 Å². The van der Waals surface area contributed by atoms with E-state index in [1.807, 2.05) is 18.2 Å². The van der Waals surface area contributed by atoms with Crippen LogP contribution in [0.2, 0.25) is 0 Å². The largest absolute Gasteiger partial charge is 0.496 e. The molecule has 2 rings (SSSR count). The van der Waals surface area contributed by atoms with Crippen molar-refractivity contribution in [1.82, 2.24) is 5.32 Å². The highest BCUT2D eigenvalue weighted by Crippen LogP contribution is 2.18. The van der Waals surface area contributed by atoms with Crippen molar-refractivity contribution in [1.29, 1.82) is 0 Å². The summed E-state index contributed by atoms with van der Waals surface area (Å²) in [5.74, 6) is 0.987. The topological polar surface area (TPSA) is 21.3 Å².